The Morgan fingerprint density at radius 2 is 1.72 bits per heavy atom. The second-order valence-corrected chi connectivity index (χ2v) is 8.57. The summed E-state index contributed by atoms with van der Waals surface area (Å²) in [6, 6.07) is 24.0. The second kappa shape index (κ2) is 8.72. The van der Waals surface area contributed by atoms with E-state index in [9.17, 15) is 4.79 Å². The minimum absolute atomic E-state index is 0.0851. The molecule has 4 aromatic rings. The highest BCUT2D eigenvalue weighted by molar-refractivity contribution is 9.10. The molecule has 1 N–H and O–H groups in total. The molecule has 1 aromatic heterocycles. The highest BCUT2D eigenvalue weighted by Gasteiger charge is 2.08. The average Bonchev–Trinajstić information content (AvgIpc) is 3.23. The molecule has 5 heteroatoms. The third kappa shape index (κ3) is 4.81. The van der Waals surface area contributed by atoms with Crippen LogP contribution in [0.15, 0.2) is 82.6 Å². The Balaban J connectivity index is 1.42. The largest absolute Gasteiger partial charge is 0.348 e. The summed E-state index contributed by atoms with van der Waals surface area (Å²) in [6.07, 6.45) is 0. The molecule has 0 aliphatic rings. The number of aryl methyl sites for hydroxylation is 1. The molecule has 0 fully saturated rings. The van der Waals surface area contributed by atoms with Crippen molar-refractivity contribution in [2.75, 3.05) is 0 Å². The standard InChI is InChI=1S/C24H19BrN2OS/c1-16-5-9-18(10-6-16)22-15-29-24(27-22)19-11-7-17(8-12-19)14-26-23(28)20-3-2-4-21(25)13-20/h2-13,15H,14H2,1H3,(H,26,28). The van der Waals surface area contributed by atoms with Crippen LogP contribution in [0.4, 0.5) is 0 Å². The highest BCUT2D eigenvalue weighted by atomic mass is 79.9. The van der Waals surface area contributed by atoms with Gasteiger partial charge in [-0.05, 0) is 30.7 Å². The zero-order chi connectivity index (χ0) is 20.2. The Hall–Kier alpha value is -2.76. The number of thiazole rings is 1. The maximum absolute atomic E-state index is 12.3. The first-order valence-corrected chi connectivity index (χ1v) is 10.9. The number of hydrogen-bond acceptors (Lipinski definition) is 3. The van der Waals surface area contributed by atoms with Gasteiger partial charge in [0.1, 0.15) is 5.01 Å². The predicted molar refractivity (Wildman–Crippen MR) is 123 cm³/mol. The number of amides is 1. The van der Waals surface area contributed by atoms with E-state index in [0.29, 0.717) is 12.1 Å². The number of nitrogens with one attached hydrogen (secondary N) is 1. The van der Waals surface area contributed by atoms with Crippen molar-refractivity contribution in [3.05, 3.63) is 99.3 Å². The first-order chi connectivity index (χ1) is 14.1. The van der Waals surface area contributed by atoms with Gasteiger partial charge in [0.15, 0.2) is 0 Å². The molecule has 0 unspecified atom stereocenters. The van der Waals surface area contributed by atoms with Crippen molar-refractivity contribution >= 4 is 33.2 Å². The van der Waals surface area contributed by atoms with Gasteiger partial charge in [0.25, 0.3) is 5.91 Å². The van der Waals surface area contributed by atoms with Crippen molar-refractivity contribution in [1.29, 1.82) is 0 Å². The Bertz CT molecular complexity index is 1130. The van der Waals surface area contributed by atoms with Gasteiger partial charge in [-0.1, -0.05) is 76.1 Å². The fraction of sp³-hybridized carbons (Fsp3) is 0.0833. The molecule has 0 radical (unpaired) electrons. The number of aromatic nitrogens is 1. The monoisotopic (exact) mass is 462 g/mol. The summed E-state index contributed by atoms with van der Waals surface area (Å²) in [6.45, 7) is 2.57. The van der Waals surface area contributed by atoms with Gasteiger partial charge in [0, 0.05) is 33.1 Å². The molecule has 0 saturated heterocycles. The summed E-state index contributed by atoms with van der Waals surface area (Å²) in [4.78, 5) is 17.1. The normalized spacial score (nSPS) is 10.7. The lowest BCUT2D eigenvalue weighted by Crippen LogP contribution is -2.22. The molecule has 0 bridgehead atoms. The smallest absolute Gasteiger partial charge is 0.251 e. The van der Waals surface area contributed by atoms with Crippen molar-refractivity contribution < 1.29 is 4.79 Å². The van der Waals surface area contributed by atoms with E-state index in [1.807, 2.05) is 30.3 Å². The van der Waals surface area contributed by atoms with Gasteiger partial charge in [-0.25, -0.2) is 4.98 Å². The number of hydrogen-bond donors (Lipinski definition) is 1. The van der Waals surface area contributed by atoms with Crippen LogP contribution in [0.5, 0.6) is 0 Å². The van der Waals surface area contributed by atoms with Crippen molar-refractivity contribution in [3.63, 3.8) is 0 Å². The number of halogens is 1. The van der Waals surface area contributed by atoms with Crippen molar-refractivity contribution in [3.8, 4) is 21.8 Å². The Labute approximate surface area is 182 Å². The highest BCUT2D eigenvalue weighted by Crippen LogP contribution is 2.29. The Morgan fingerprint density at radius 3 is 2.45 bits per heavy atom. The van der Waals surface area contributed by atoms with Gasteiger partial charge in [0.2, 0.25) is 0 Å². The zero-order valence-electron chi connectivity index (χ0n) is 15.9. The van der Waals surface area contributed by atoms with Crippen LogP contribution in [0, 0.1) is 6.92 Å². The molecular formula is C24H19BrN2OS. The summed E-state index contributed by atoms with van der Waals surface area (Å²) < 4.78 is 0.892. The average molecular weight is 463 g/mol. The van der Waals surface area contributed by atoms with E-state index in [4.69, 9.17) is 4.98 Å². The van der Waals surface area contributed by atoms with Gasteiger partial charge in [0.05, 0.1) is 5.69 Å². The number of carbonyl (C=O) groups is 1. The molecule has 0 spiro atoms. The van der Waals surface area contributed by atoms with E-state index >= 15 is 0 Å². The first kappa shape index (κ1) is 19.6. The van der Waals surface area contributed by atoms with E-state index in [2.05, 4.69) is 69.9 Å². The lowest BCUT2D eigenvalue weighted by Gasteiger charge is -2.06. The summed E-state index contributed by atoms with van der Waals surface area (Å²) in [5.74, 6) is -0.0851. The fourth-order valence-corrected chi connectivity index (χ4v) is 4.18. The van der Waals surface area contributed by atoms with Gasteiger partial charge < -0.3 is 5.32 Å². The van der Waals surface area contributed by atoms with Crippen LogP contribution < -0.4 is 5.32 Å². The van der Waals surface area contributed by atoms with Crippen LogP contribution in [0.2, 0.25) is 0 Å². The molecule has 0 aliphatic carbocycles. The van der Waals surface area contributed by atoms with Gasteiger partial charge in [-0.2, -0.15) is 0 Å². The van der Waals surface area contributed by atoms with E-state index in [1.54, 1.807) is 17.4 Å². The number of rotatable bonds is 5. The van der Waals surface area contributed by atoms with Crippen LogP contribution in [0.1, 0.15) is 21.5 Å². The molecule has 0 saturated carbocycles. The van der Waals surface area contributed by atoms with E-state index in [-0.39, 0.29) is 5.91 Å². The first-order valence-electron chi connectivity index (χ1n) is 9.24. The minimum atomic E-state index is -0.0851. The molecule has 1 heterocycles. The molecule has 0 aliphatic heterocycles. The number of carbonyl (C=O) groups excluding carboxylic acids is 1. The second-order valence-electron chi connectivity index (χ2n) is 6.79. The Kier molecular flexibility index (Phi) is 5.88. The molecule has 3 nitrogen and oxygen atoms in total. The molecule has 0 atom stereocenters. The lowest BCUT2D eigenvalue weighted by atomic mass is 10.1. The van der Waals surface area contributed by atoms with Crippen LogP contribution >= 0.6 is 27.3 Å². The maximum atomic E-state index is 12.3. The van der Waals surface area contributed by atoms with Gasteiger partial charge in [-0.15, -0.1) is 11.3 Å². The SMILES string of the molecule is Cc1ccc(-c2csc(-c3ccc(CNC(=O)c4cccc(Br)c4)cc3)n2)cc1. The van der Waals surface area contributed by atoms with Gasteiger partial charge >= 0.3 is 0 Å². The topological polar surface area (TPSA) is 42.0 Å². The summed E-state index contributed by atoms with van der Waals surface area (Å²) in [5.41, 5.74) is 6.14. The van der Waals surface area contributed by atoms with E-state index in [1.165, 1.54) is 5.56 Å². The quantitative estimate of drug-likeness (QED) is 0.368. The van der Waals surface area contributed by atoms with Crippen molar-refractivity contribution in [2.45, 2.75) is 13.5 Å². The molecule has 144 valence electrons. The predicted octanol–water partition coefficient (Wildman–Crippen LogP) is 6.48. The molecule has 3 aromatic carbocycles. The minimum Gasteiger partial charge on any atom is -0.348 e. The molecule has 1 amide bonds. The van der Waals surface area contributed by atoms with Crippen LogP contribution in [-0.2, 0) is 6.54 Å². The maximum Gasteiger partial charge on any atom is 0.251 e. The summed E-state index contributed by atoms with van der Waals surface area (Å²) in [5, 5.41) is 6.04. The van der Waals surface area contributed by atoms with E-state index < -0.39 is 0 Å². The Morgan fingerprint density at radius 1 is 1.00 bits per heavy atom. The molecular weight excluding hydrogens is 444 g/mol. The third-order valence-corrected chi connectivity index (χ3v) is 5.98. The zero-order valence-corrected chi connectivity index (χ0v) is 18.3. The van der Waals surface area contributed by atoms with Crippen LogP contribution in [-0.4, -0.2) is 10.9 Å². The van der Waals surface area contributed by atoms with Gasteiger partial charge in [-0.3, -0.25) is 4.79 Å². The third-order valence-electron chi connectivity index (χ3n) is 4.59. The fourth-order valence-electron chi connectivity index (χ4n) is 2.94. The van der Waals surface area contributed by atoms with Crippen LogP contribution in [0.3, 0.4) is 0 Å². The van der Waals surface area contributed by atoms with Crippen molar-refractivity contribution in [1.82, 2.24) is 10.3 Å². The number of nitrogens with zero attached hydrogens (tertiary/aromatic N) is 1. The summed E-state index contributed by atoms with van der Waals surface area (Å²) in [7, 11) is 0. The van der Waals surface area contributed by atoms with Crippen molar-refractivity contribution in [2.24, 2.45) is 0 Å². The molecule has 4 rings (SSSR count). The van der Waals surface area contributed by atoms with E-state index in [0.717, 1.165) is 31.9 Å². The molecule has 29 heavy (non-hydrogen) atoms. The lowest BCUT2D eigenvalue weighted by molar-refractivity contribution is 0.0951. The van der Waals surface area contributed by atoms with Crippen LogP contribution in [0.25, 0.3) is 21.8 Å². The summed E-state index contributed by atoms with van der Waals surface area (Å²) >= 11 is 5.03. The number of benzene rings is 3.